The van der Waals surface area contributed by atoms with Crippen LogP contribution < -0.4 is 4.74 Å². The largest absolute Gasteiger partial charge is 0.497 e. The van der Waals surface area contributed by atoms with E-state index in [0.717, 1.165) is 29.4 Å². The Balaban J connectivity index is 0.000000165. The van der Waals surface area contributed by atoms with Gasteiger partial charge in [0.05, 0.1) is 7.11 Å². The lowest BCUT2D eigenvalue weighted by atomic mass is 9.79. The Hall–Kier alpha value is -3.32. The van der Waals surface area contributed by atoms with Crippen molar-refractivity contribution in [3.63, 3.8) is 0 Å². The number of hydrogen-bond donors (Lipinski definition) is 0. The van der Waals surface area contributed by atoms with Crippen LogP contribution in [0.15, 0.2) is 97.1 Å². The van der Waals surface area contributed by atoms with Crippen LogP contribution in [-0.2, 0) is 0 Å². The number of benzene rings is 4. The van der Waals surface area contributed by atoms with E-state index in [9.17, 15) is 0 Å². The van der Waals surface area contributed by atoms with Gasteiger partial charge in [-0.2, -0.15) is 0 Å². The highest BCUT2D eigenvalue weighted by Gasteiger charge is 2.20. The Morgan fingerprint density at radius 2 is 0.756 bits per heavy atom. The Labute approximate surface area is 249 Å². The zero-order valence-corrected chi connectivity index (χ0v) is 25.6. The van der Waals surface area contributed by atoms with Crippen LogP contribution in [0.4, 0.5) is 0 Å². The van der Waals surface area contributed by atoms with Gasteiger partial charge in [-0.05, 0) is 102 Å². The Kier molecular flexibility index (Phi) is 9.99. The Bertz CT molecular complexity index is 1320. The normalized spacial score (nSPS) is 22.3. The first kappa shape index (κ1) is 29.2. The summed E-state index contributed by atoms with van der Waals surface area (Å²) < 4.78 is 5.21. The van der Waals surface area contributed by atoms with Crippen molar-refractivity contribution in [2.24, 2.45) is 11.8 Å². The second kappa shape index (κ2) is 14.0. The van der Waals surface area contributed by atoms with Gasteiger partial charge >= 0.3 is 0 Å². The maximum Gasteiger partial charge on any atom is 0.118 e. The summed E-state index contributed by atoms with van der Waals surface area (Å²) in [5, 5.41) is 0. The van der Waals surface area contributed by atoms with Crippen molar-refractivity contribution in [2.45, 2.75) is 84.0 Å². The minimum atomic E-state index is 0.770. The maximum absolute atomic E-state index is 5.21. The minimum Gasteiger partial charge on any atom is -0.497 e. The molecule has 2 saturated carbocycles. The summed E-state index contributed by atoms with van der Waals surface area (Å²) >= 11 is 0. The van der Waals surface area contributed by atoms with Gasteiger partial charge in [0.1, 0.15) is 5.75 Å². The lowest BCUT2D eigenvalue weighted by Gasteiger charge is -2.26. The number of ether oxygens (including phenoxy) is 1. The van der Waals surface area contributed by atoms with Crippen molar-refractivity contribution in [3.8, 4) is 28.0 Å². The van der Waals surface area contributed by atoms with E-state index in [1.165, 1.54) is 90.3 Å². The lowest BCUT2D eigenvalue weighted by molar-refractivity contribution is 0.348. The van der Waals surface area contributed by atoms with E-state index in [1.54, 1.807) is 7.11 Å². The van der Waals surface area contributed by atoms with Gasteiger partial charge in [0, 0.05) is 0 Å². The molecule has 1 heteroatoms. The summed E-state index contributed by atoms with van der Waals surface area (Å²) in [6.07, 6.45) is 11.0. The third kappa shape index (κ3) is 7.91. The molecule has 2 fully saturated rings. The van der Waals surface area contributed by atoms with E-state index in [-0.39, 0.29) is 0 Å². The van der Waals surface area contributed by atoms with E-state index < -0.39 is 0 Å². The van der Waals surface area contributed by atoms with Crippen molar-refractivity contribution in [1.29, 1.82) is 0 Å². The van der Waals surface area contributed by atoms with Crippen molar-refractivity contribution >= 4 is 0 Å². The SMILES string of the molecule is COc1ccc(-c2ccc(C3CCC(C)CC3)cc2)cc1.Cc1ccc(-c2ccc(C3CCC(C)CC3)cc2)cc1. The summed E-state index contributed by atoms with van der Waals surface area (Å²) in [6.45, 7) is 6.90. The minimum absolute atomic E-state index is 0.770. The molecule has 6 rings (SSSR count). The van der Waals surface area contributed by atoms with Gasteiger partial charge in [-0.3, -0.25) is 0 Å². The van der Waals surface area contributed by atoms with Crippen LogP contribution in [0.5, 0.6) is 5.75 Å². The highest BCUT2D eigenvalue weighted by atomic mass is 16.5. The molecule has 214 valence electrons. The first-order valence-corrected chi connectivity index (χ1v) is 15.9. The van der Waals surface area contributed by atoms with Crippen LogP contribution in [-0.4, -0.2) is 7.11 Å². The summed E-state index contributed by atoms with van der Waals surface area (Å²) in [5.41, 5.74) is 9.55. The molecule has 0 bridgehead atoms. The zero-order valence-electron chi connectivity index (χ0n) is 25.6. The zero-order chi connectivity index (χ0) is 28.6. The van der Waals surface area contributed by atoms with Crippen LogP contribution in [0.2, 0.25) is 0 Å². The monoisotopic (exact) mass is 544 g/mol. The molecule has 2 aliphatic carbocycles. The van der Waals surface area contributed by atoms with Gasteiger partial charge in [0.25, 0.3) is 0 Å². The average Bonchev–Trinajstić information content (AvgIpc) is 3.03. The van der Waals surface area contributed by atoms with Crippen LogP contribution in [0.25, 0.3) is 22.3 Å². The third-order valence-corrected chi connectivity index (χ3v) is 9.60. The second-order valence-corrected chi connectivity index (χ2v) is 12.8. The summed E-state index contributed by atoms with van der Waals surface area (Å²) in [7, 11) is 1.70. The standard InChI is InChI=1S/C20H24O.C20H24/c1-15-3-5-16(6-4-15)17-7-9-18(10-8-17)19-11-13-20(21-2)14-12-19;1-15-3-7-17(8-4-15)19-11-13-20(14-12-19)18-9-5-16(2)6-10-18/h7-16H,3-6H2,1-2H3;3-4,7-8,11-14,16,18H,5-6,9-10H2,1-2H3. The van der Waals surface area contributed by atoms with E-state index in [0.29, 0.717) is 0 Å². The Morgan fingerprint density at radius 3 is 1.10 bits per heavy atom. The number of aryl methyl sites for hydroxylation is 1. The second-order valence-electron chi connectivity index (χ2n) is 12.8. The maximum atomic E-state index is 5.21. The number of rotatable bonds is 5. The van der Waals surface area contributed by atoms with Gasteiger partial charge < -0.3 is 4.74 Å². The van der Waals surface area contributed by atoms with Crippen molar-refractivity contribution in [2.75, 3.05) is 7.11 Å². The van der Waals surface area contributed by atoms with Crippen molar-refractivity contribution < 1.29 is 4.74 Å². The van der Waals surface area contributed by atoms with Gasteiger partial charge in [-0.15, -0.1) is 0 Å². The molecule has 0 atom stereocenters. The van der Waals surface area contributed by atoms with E-state index >= 15 is 0 Å². The fourth-order valence-corrected chi connectivity index (χ4v) is 6.61. The molecule has 0 aliphatic heterocycles. The topological polar surface area (TPSA) is 9.23 Å². The predicted molar refractivity (Wildman–Crippen MR) is 176 cm³/mol. The molecule has 1 nitrogen and oxygen atoms in total. The molecule has 4 aromatic carbocycles. The molecule has 0 unspecified atom stereocenters. The quantitative estimate of drug-likeness (QED) is 0.243. The first-order chi connectivity index (χ1) is 20.0. The summed E-state index contributed by atoms with van der Waals surface area (Å²) in [6, 6.07) is 35.5. The van der Waals surface area contributed by atoms with Gasteiger partial charge in [-0.25, -0.2) is 0 Å². The molecule has 0 N–H and O–H groups in total. The van der Waals surface area contributed by atoms with Gasteiger partial charge in [0.2, 0.25) is 0 Å². The fraction of sp³-hybridized carbons (Fsp3) is 0.400. The van der Waals surface area contributed by atoms with E-state index in [2.05, 4.69) is 106 Å². The number of methoxy groups -OCH3 is 1. The van der Waals surface area contributed by atoms with Crippen LogP contribution in [0.1, 0.15) is 93.7 Å². The molecule has 4 aromatic rings. The lowest BCUT2D eigenvalue weighted by Crippen LogP contribution is -2.10. The molecule has 0 heterocycles. The molecule has 41 heavy (non-hydrogen) atoms. The average molecular weight is 545 g/mol. The third-order valence-electron chi connectivity index (χ3n) is 9.60. The molecule has 0 aromatic heterocycles. The smallest absolute Gasteiger partial charge is 0.118 e. The first-order valence-electron chi connectivity index (χ1n) is 15.9. The predicted octanol–water partition coefficient (Wildman–Crippen LogP) is 11.6. The fourth-order valence-electron chi connectivity index (χ4n) is 6.61. The molecule has 0 spiro atoms. The Morgan fingerprint density at radius 1 is 0.439 bits per heavy atom. The van der Waals surface area contributed by atoms with Crippen LogP contribution in [0.3, 0.4) is 0 Å². The molecule has 0 amide bonds. The molecule has 0 saturated heterocycles. The summed E-state index contributed by atoms with van der Waals surface area (Å²) in [5.74, 6) is 4.31. The van der Waals surface area contributed by atoms with Crippen molar-refractivity contribution in [3.05, 3.63) is 114 Å². The van der Waals surface area contributed by atoms with Crippen LogP contribution >= 0.6 is 0 Å². The van der Waals surface area contributed by atoms with Crippen molar-refractivity contribution in [1.82, 2.24) is 0 Å². The van der Waals surface area contributed by atoms with Gasteiger partial charge in [-0.1, -0.05) is 130 Å². The van der Waals surface area contributed by atoms with Crippen LogP contribution in [0, 0.1) is 18.8 Å². The molecular weight excluding hydrogens is 496 g/mol. The number of hydrogen-bond acceptors (Lipinski definition) is 1. The molecular formula is C40H48O. The molecule has 2 aliphatic rings. The van der Waals surface area contributed by atoms with E-state index in [1.807, 2.05) is 12.1 Å². The molecule has 0 radical (unpaired) electrons. The highest BCUT2D eigenvalue weighted by Crippen LogP contribution is 2.37. The summed E-state index contributed by atoms with van der Waals surface area (Å²) in [4.78, 5) is 0. The van der Waals surface area contributed by atoms with Gasteiger partial charge in [0.15, 0.2) is 0 Å². The van der Waals surface area contributed by atoms with E-state index in [4.69, 9.17) is 4.74 Å². The highest BCUT2D eigenvalue weighted by molar-refractivity contribution is 5.65.